The van der Waals surface area contributed by atoms with Crippen LogP contribution in [0.25, 0.3) is 0 Å². The summed E-state index contributed by atoms with van der Waals surface area (Å²) >= 11 is 1.47. The number of hydrogen-bond acceptors (Lipinski definition) is 5. The van der Waals surface area contributed by atoms with Crippen LogP contribution in [0, 0.1) is 6.92 Å². The van der Waals surface area contributed by atoms with Crippen LogP contribution in [0.2, 0.25) is 0 Å². The third-order valence-electron chi connectivity index (χ3n) is 4.49. The molecule has 33 heavy (non-hydrogen) atoms. The van der Waals surface area contributed by atoms with Crippen molar-refractivity contribution in [2.75, 3.05) is 24.4 Å². The van der Waals surface area contributed by atoms with Crippen molar-refractivity contribution in [3.05, 3.63) is 72.1 Å². The van der Waals surface area contributed by atoms with Crippen molar-refractivity contribution < 1.29 is 27.4 Å². The lowest BCUT2D eigenvalue weighted by Gasteiger charge is -2.13. The summed E-state index contributed by atoms with van der Waals surface area (Å²) in [5.74, 6) is 1.32. The molecular weight excluding hydrogens is 455 g/mol. The first-order chi connectivity index (χ1) is 15.7. The van der Waals surface area contributed by atoms with Gasteiger partial charge in [0.1, 0.15) is 11.5 Å². The standard InChI is InChI=1S/C23H22F3N3O3S/c1-15-20(27-12-11-21(15)32-14-23(24,25)26)13-33-19-9-5-17(6-10-19)29-22(30)28-16-3-7-18(31-2)8-4-16/h3-12H,13-14H2,1-2H3,(H2,28,29,30). The van der Waals surface area contributed by atoms with Crippen molar-refractivity contribution in [3.63, 3.8) is 0 Å². The molecule has 2 aromatic carbocycles. The molecule has 0 saturated heterocycles. The molecule has 0 atom stereocenters. The number of methoxy groups -OCH3 is 1. The van der Waals surface area contributed by atoms with Crippen LogP contribution >= 0.6 is 11.8 Å². The number of benzene rings is 2. The number of halogens is 3. The number of ether oxygens (including phenoxy) is 2. The highest BCUT2D eigenvalue weighted by Gasteiger charge is 2.28. The highest BCUT2D eigenvalue weighted by Crippen LogP contribution is 2.29. The smallest absolute Gasteiger partial charge is 0.422 e. The summed E-state index contributed by atoms with van der Waals surface area (Å²) in [6.07, 6.45) is -2.96. The maximum Gasteiger partial charge on any atom is 0.422 e. The Bertz CT molecular complexity index is 1080. The number of amides is 2. The molecule has 0 bridgehead atoms. The first-order valence-electron chi connectivity index (χ1n) is 9.82. The molecule has 0 aliphatic heterocycles. The van der Waals surface area contributed by atoms with Crippen LogP contribution in [0.1, 0.15) is 11.3 Å². The van der Waals surface area contributed by atoms with E-state index < -0.39 is 12.8 Å². The fourth-order valence-corrected chi connectivity index (χ4v) is 3.70. The van der Waals surface area contributed by atoms with Crippen molar-refractivity contribution in [1.82, 2.24) is 4.98 Å². The van der Waals surface area contributed by atoms with Gasteiger partial charge >= 0.3 is 12.2 Å². The van der Waals surface area contributed by atoms with E-state index in [1.54, 1.807) is 50.4 Å². The summed E-state index contributed by atoms with van der Waals surface area (Å²) in [7, 11) is 1.57. The van der Waals surface area contributed by atoms with E-state index in [-0.39, 0.29) is 11.8 Å². The predicted octanol–water partition coefficient (Wildman–Crippen LogP) is 6.28. The number of carbonyl (C=O) groups is 1. The van der Waals surface area contributed by atoms with Gasteiger partial charge in [0.15, 0.2) is 6.61 Å². The minimum Gasteiger partial charge on any atom is -0.497 e. The molecule has 3 aromatic rings. The molecule has 0 radical (unpaired) electrons. The third-order valence-corrected chi connectivity index (χ3v) is 5.51. The average molecular weight is 478 g/mol. The summed E-state index contributed by atoms with van der Waals surface area (Å²) in [5.41, 5.74) is 2.45. The normalized spacial score (nSPS) is 11.1. The lowest BCUT2D eigenvalue weighted by molar-refractivity contribution is -0.153. The van der Waals surface area contributed by atoms with Gasteiger partial charge in [-0.25, -0.2) is 4.79 Å². The van der Waals surface area contributed by atoms with Gasteiger partial charge in [0.2, 0.25) is 0 Å². The lowest BCUT2D eigenvalue weighted by atomic mass is 10.2. The number of nitrogens with one attached hydrogen (secondary N) is 2. The molecular formula is C23H22F3N3O3S. The minimum atomic E-state index is -4.40. The van der Waals surface area contributed by atoms with Gasteiger partial charge in [-0.05, 0) is 61.5 Å². The van der Waals surface area contributed by atoms with Crippen LogP contribution in [-0.4, -0.2) is 30.9 Å². The summed E-state index contributed by atoms with van der Waals surface area (Å²) in [4.78, 5) is 17.3. The zero-order chi connectivity index (χ0) is 23.8. The quantitative estimate of drug-likeness (QED) is 0.374. The minimum absolute atomic E-state index is 0.167. The topological polar surface area (TPSA) is 72.5 Å². The molecule has 0 saturated carbocycles. The van der Waals surface area contributed by atoms with Gasteiger partial charge in [-0.2, -0.15) is 13.2 Å². The van der Waals surface area contributed by atoms with Crippen LogP contribution < -0.4 is 20.1 Å². The summed E-state index contributed by atoms with van der Waals surface area (Å²) in [6, 6.07) is 15.2. The zero-order valence-electron chi connectivity index (χ0n) is 17.9. The number of hydrogen-bond donors (Lipinski definition) is 2. The first kappa shape index (κ1) is 24.2. The van der Waals surface area contributed by atoms with Gasteiger partial charge in [0.25, 0.3) is 0 Å². The number of carbonyl (C=O) groups excluding carboxylic acids is 1. The van der Waals surface area contributed by atoms with E-state index in [4.69, 9.17) is 9.47 Å². The maximum atomic E-state index is 12.4. The van der Waals surface area contributed by atoms with Gasteiger partial charge in [-0.3, -0.25) is 4.98 Å². The summed E-state index contributed by atoms with van der Waals surface area (Å²) in [6.45, 7) is 0.341. The maximum absolute atomic E-state index is 12.4. The molecule has 1 heterocycles. The molecule has 0 spiro atoms. The monoisotopic (exact) mass is 477 g/mol. The second kappa shape index (κ2) is 11.0. The number of urea groups is 1. The van der Waals surface area contributed by atoms with E-state index in [2.05, 4.69) is 15.6 Å². The molecule has 2 amide bonds. The van der Waals surface area contributed by atoms with Crippen molar-refractivity contribution >= 4 is 29.2 Å². The fourth-order valence-electron chi connectivity index (χ4n) is 2.77. The predicted molar refractivity (Wildman–Crippen MR) is 122 cm³/mol. The average Bonchev–Trinajstić information content (AvgIpc) is 2.78. The van der Waals surface area contributed by atoms with Gasteiger partial charge in [0.05, 0.1) is 12.8 Å². The Morgan fingerprint density at radius 1 is 1.00 bits per heavy atom. The van der Waals surface area contributed by atoms with Crippen molar-refractivity contribution in [3.8, 4) is 11.5 Å². The third kappa shape index (κ3) is 7.60. The van der Waals surface area contributed by atoms with Crippen LogP contribution in [0.4, 0.5) is 29.3 Å². The highest BCUT2D eigenvalue weighted by molar-refractivity contribution is 7.98. The van der Waals surface area contributed by atoms with Crippen LogP contribution in [-0.2, 0) is 5.75 Å². The van der Waals surface area contributed by atoms with Gasteiger partial charge in [-0.15, -0.1) is 11.8 Å². The molecule has 0 aliphatic carbocycles. The Balaban J connectivity index is 1.52. The van der Waals surface area contributed by atoms with Gasteiger partial charge in [0, 0.05) is 33.8 Å². The largest absolute Gasteiger partial charge is 0.497 e. The highest BCUT2D eigenvalue weighted by atomic mass is 32.2. The molecule has 0 fully saturated rings. The van der Waals surface area contributed by atoms with Crippen LogP contribution in [0.15, 0.2) is 65.7 Å². The molecule has 2 N–H and O–H groups in total. The van der Waals surface area contributed by atoms with Crippen molar-refractivity contribution in [2.24, 2.45) is 0 Å². The number of anilines is 2. The van der Waals surface area contributed by atoms with Crippen molar-refractivity contribution in [2.45, 2.75) is 23.7 Å². The molecule has 0 unspecified atom stereocenters. The Labute approximate surface area is 193 Å². The summed E-state index contributed by atoms with van der Waals surface area (Å²) < 4.78 is 47.2. The number of alkyl halides is 3. The zero-order valence-corrected chi connectivity index (χ0v) is 18.7. The van der Waals surface area contributed by atoms with E-state index in [1.807, 2.05) is 12.1 Å². The number of rotatable bonds is 8. The van der Waals surface area contributed by atoms with Crippen LogP contribution in [0.3, 0.4) is 0 Å². The number of thioether (sulfide) groups is 1. The van der Waals surface area contributed by atoms with Gasteiger partial charge < -0.3 is 20.1 Å². The van der Waals surface area contributed by atoms with Crippen LogP contribution in [0.5, 0.6) is 11.5 Å². The summed E-state index contributed by atoms with van der Waals surface area (Å²) in [5, 5.41) is 5.48. The number of aromatic nitrogens is 1. The van der Waals surface area contributed by atoms with E-state index >= 15 is 0 Å². The van der Waals surface area contributed by atoms with E-state index in [0.29, 0.717) is 34.1 Å². The molecule has 3 rings (SSSR count). The molecule has 0 aliphatic rings. The Morgan fingerprint density at radius 2 is 1.61 bits per heavy atom. The second-order valence-corrected chi connectivity index (χ2v) is 7.95. The number of pyridine rings is 1. The second-order valence-electron chi connectivity index (χ2n) is 6.91. The number of nitrogens with zero attached hydrogens (tertiary/aromatic N) is 1. The lowest BCUT2D eigenvalue weighted by Crippen LogP contribution is -2.19. The first-order valence-corrected chi connectivity index (χ1v) is 10.8. The van der Waals surface area contributed by atoms with E-state index in [0.717, 1.165) is 4.90 Å². The molecule has 174 valence electrons. The Morgan fingerprint density at radius 3 is 2.18 bits per heavy atom. The van der Waals surface area contributed by atoms with Crippen molar-refractivity contribution in [1.29, 1.82) is 0 Å². The fraction of sp³-hybridized carbons (Fsp3) is 0.217. The molecule has 1 aromatic heterocycles. The van der Waals surface area contributed by atoms with Gasteiger partial charge in [-0.1, -0.05) is 0 Å². The Kier molecular flexibility index (Phi) is 8.05. The molecule has 6 nitrogen and oxygen atoms in total. The SMILES string of the molecule is COc1ccc(NC(=O)Nc2ccc(SCc3nccc(OCC(F)(F)F)c3C)cc2)cc1. The van der Waals surface area contributed by atoms with E-state index in [1.165, 1.54) is 24.0 Å². The Hall–Kier alpha value is -3.40. The molecule has 10 heteroatoms. The van der Waals surface area contributed by atoms with E-state index in [9.17, 15) is 18.0 Å².